The van der Waals surface area contributed by atoms with Crippen LogP contribution in [0.3, 0.4) is 0 Å². The van der Waals surface area contributed by atoms with Crippen molar-refractivity contribution in [2.24, 2.45) is 0 Å². The second kappa shape index (κ2) is 6.97. The third-order valence-electron chi connectivity index (χ3n) is 3.32. The first-order valence-corrected chi connectivity index (χ1v) is 7.02. The molecule has 0 aromatic heterocycles. The predicted molar refractivity (Wildman–Crippen MR) is 75.2 cm³/mol. The summed E-state index contributed by atoms with van der Waals surface area (Å²) in [4.78, 5) is 10.6. The Morgan fingerprint density at radius 3 is 2.75 bits per heavy atom. The minimum atomic E-state index is -0.569. The van der Waals surface area contributed by atoms with Gasteiger partial charge in [-0.15, -0.1) is 0 Å². The van der Waals surface area contributed by atoms with Gasteiger partial charge in [0.2, 0.25) is 0 Å². The molecule has 1 fully saturated rings. The van der Waals surface area contributed by atoms with Gasteiger partial charge in [0.05, 0.1) is 19.3 Å². The van der Waals surface area contributed by atoms with Gasteiger partial charge in [0.1, 0.15) is 12.4 Å². The van der Waals surface area contributed by atoms with Crippen molar-refractivity contribution in [1.82, 2.24) is 0 Å². The number of benzene rings is 1. The Hall–Kier alpha value is -1.23. The third-order valence-corrected chi connectivity index (χ3v) is 3.32. The van der Waals surface area contributed by atoms with Gasteiger partial charge in [-0.25, -0.2) is 0 Å². The molecule has 4 nitrogen and oxygen atoms in total. The average Bonchev–Trinajstić information content (AvgIpc) is 2.80. The largest absolute Gasteiger partial charge is 0.371 e. The summed E-state index contributed by atoms with van der Waals surface area (Å²) in [6.45, 7) is 4.80. The highest BCUT2D eigenvalue weighted by Crippen LogP contribution is 2.27. The maximum atomic E-state index is 10.6. The highest BCUT2D eigenvalue weighted by molar-refractivity contribution is 5.49. The number of hydrogen-bond acceptors (Lipinski definition) is 4. The fourth-order valence-electron chi connectivity index (χ4n) is 2.28. The van der Waals surface area contributed by atoms with Crippen LogP contribution in [0.4, 0.5) is 0 Å². The van der Waals surface area contributed by atoms with E-state index in [0.717, 1.165) is 11.8 Å². The molecule has 0 N–H and O–H groups in total. The van der Waals surface area contributed by atoms with E-state index in [9.17, 15) is 4.79 Å². The molecule has 1 aromatic rings. The Kier molecular flexibility index (Phi) is 5.29. The molecule has 0 saturated carbocycles. The summed E-state index contributed by atoms with van der Waals surface area (Å²) in [5, 5.41) is 0. The van der Waals surface area contributed by atoms with E-state index in [1.807, 2.05) is 44.2 Å². The van der Waals surface area contributed by atoms with Crippen molar-refractivity contribution in [2.45, 2.75) is 51.3 Å². The summed E-state index contributed by atoms with van der Waals surface area (Å²) < 4.78 is 17.4. The molecule has 0 aliphatic carbocycles. The molecule has 0 unspecified atom stereocenters. The Balaban J connectivity index is 1.92. The molecule has 0 radical (unpaired) electrons. The van der Waals surface area contributed by atoms with Crippen molar-refractivity contribution in [3.8, 4) is 0 Å². The van der Waals surface area contributed by atoms with E-state index in [1.165, 1.54) is 0 Å². The lowest BCUT2D eigenvalue weighted by molar-refractivity contribution is -0.158. The fourth-order valence-corrected chi connectivity index (χ4v) is 2.28. The highest BCUT2D eigenvalue weighted by atomic mass is 16.7. The summed E-state index contributed by atoms with van der Waals surface area (Å²) >= 11 is 0. The summed E-state index contributed by atoms with van der Waals surface area (Å²) in [6.07, 6.45) is 1.80. The van der Waals surface area contributed by atoms with Crippen LogP contribution >= 0.6 is 0 Å². The minimum Gasteiger partial charge on any atom is -0.371 e. The smallest absolute Gasteiger partial charge is 0.163 e. The minimum absolute atomic E-state index is 0.117. The van der Waals surface area contributed by atoms with Crippen molar-refractivity contribution in [1.29, 1.82) is 0 Å². The standard InChI is InChI=1S/C16H22O4/c1-16(2)19-12-15(20-16)14(9-6-10-17)18-11-13-7-4-3-5-8-13/h3-5,7-8,10,14-15H,6,9,11-12H2,1-2H3/t14-,15-/m1/s1. The van der Waals surface area contributed by atoms with Crippen LogP contribution in [0, 0.1) is 0 Å². The Bertz CT molecular complexity index is 416. The zero-order valence-corrected chi connectivity index (χ0v) is 12.1. The number of rotatable bonds is 7. The molecule has 0 spiro atoms. The van der Waals surface area contributed by atoms with E-state index in [0.29, 0.717) is 26.1 Å². The average molecular weight is 278 g/mol. The first-order valence-electron chi connectivity index (χ1n) is 7.02. The Morgan fingerprint density at radius 1 is 1.40 bits per heavy atom. The van der Waals surface area contributed by atoms with Gasteiger partial charge in [0.25, 0.3) is 0 Å². The zero-order chi connectivity index (χ0) is 14.4. The molecule has 2 rings (SSSR count). The molecule has 2 atom stereocenters. The van der Waals surface area contributed by atoms with Crippen molar-refractivity contribution in [3.05, 3.63) is 35.9 Å². The van der Waals surface area contributed by atoms with Crippen LogP contribution in [-0.4, -0.2) is 30.9 Å². The zero-order valence-electron chi connectivity index (χ0n) is 12.1. The third kappa shape index (κ3) is 4.40. The number of hydrogen-bond donors (Lipinski definition) is 0. The molecule has 4 heteroatoms. The van der Waals surface area contributed by atoms with Crippen LogP contribution in [0.25, 0.3) is 0 Å². The van der Waals surface area contributed by atoms with E-state index in [1.54, 1.807) is 0 Å². The molecule has 0 bridgehead atoms. The number of aldehydes is 1. The van der Waals surface area contributed by atoms with Gasteiger partial charge in [-0.1, -0.05) is 30.3 Å². The lowest BCUT2D eigenvalue weighted by atomic mass is 10.1. The summed E-state index contributed by atoms with van der Waals surface area (Å²) in [6, 6.07) is 9.98. The monoisotopic (exact) mass is 278 g/mol. The lowest BCUT2D eigenvalue weighted by Crippen LogP contribution is -2.33. The lowest BCUT2D eigenvalue weighted by Gasteiger charge is -2.24. The molecule has 1 aliphatic rings. The van der Waals surface area contributed by atoms with Gasteiger partial charge in [-0.05, 0) is 25.8 Å². The van der Waals surface area contributed by atoms with E-state index in [2.05, 4.69) is 0 Å². The predicted octanol–water partition coefficient (Wildman–Crippen LogP) is 2.70. The maximum absolute atomic E-state index is 10.6. The second-order valence-electron chi connectivity index (χ2n) is 5.45. The molecule has 1 aromatic carbocycles. The van der Waals surface area contributed by atoms with Crippen LogP contribution < -0.4 is 0 Å². The van der Waals surface area contributed by atoms with Crippen molar-refractivity contribution < 1.29 is 19.0 Å². The molecule has 20 heavy (non-hydrogen) atoms. The molecule has 1 aliphatic heterocycles. The van der Waals surface area contributed by atoms with E-state index in [4.69, 9.17) is 14.2 Å². The normalized spacial score (nSPS) is 22.6. The first-order chi connectivity index (χ1) is 9.61. The number of carbonyl (C=O) groups excluding carboxylic acids is 1. The van der Waals surface area contributed by atoms with Gasteiger partial charge in [-0.3, -0.25) is 0 Å². The van der Waals surface area contributed by atoms with E-state index < -0.39 is 5.79 Å². The number of ether oxygens (including phenoxy) is 3. The van der Waals surface area contributed by atoms with Crippen molar-refractivity contribution in [3.63, 3.8) is 0 Å². The molecular weight excluding hydrogens is 256 g/mol. The van der Waals surface area contributed by atoms with Gasteiger partial charge < -0.3 is 19.0 Å². The maximum Gasteiger partial charge on any atom is 0.163 e. The molecule has 1 heterocycles. The van der Waals surface area contributed by atoms with Crippen LogP contribution in [0.1, 0.15) is 32.3 Å². The highest BCUT2D eigenvalue weighted by Gasteiger charge is 2.37. The van der Waals surface area contributed by atoms with E-state index >= 15 is 0 Å². The van der Waals surface area contributed by atoms with Crippen LogP contribution in [-0.2, 0) is 25.6 Å². The Morgan fingerprint density at radius 2 is 2.15 bits per heavy atom. The SMILES string of the molecule is CC1(C)OC[C@H]([C@@H](CCC=O)OCc2ccccc2)O1. The summed E-state index contributed by atoms with van der Waals surface area (Å²) in [5.41, 5.74) is 1.11. The fraction of sp³-hybridized carbons (Fsp3) is 0.562. The number of carbonyl (C=O) groups is 1. The summed E-state index contributed by atoms with van der Waals surface area (Å²) in [7, 11) is 0. The van der Waals surface area contributed by atoms with Crippen LogP contribution in [0.15, 0.2) is 30.3 Å². The Labute approximate surface area is 120 Å². The molecular formula is C16H22O4. The van der Waals surface area contributed by atoms with Gasteiger partial charge in [-0.2, -0.15) is 0 Å². The first kappa shape index (κ1) is 15.2. The summed E-state index contributed by atoms with van der Waals surface area (Å²) in [5.74, 6) is -0.569. The van der Waals surface area contributed by atoms with Crippen LogP contribution in [0.5, 0.6) is 0 Å². The molecule has 1 saturated heterocycles. The van der Waals surface area contributed by atoms with Crippen LogP contribution in [0.2, 0.25) is 0 Å². The second-order valence-corrected chi connectivity index (χ2v) is 5.45. The topological polar surface area (TPSA) is 44.8 Å². The van der Waals surface area contributed by atoms with Crippen molar-refractivity contribution in [2.75, 3.05) is 6.61 Å². The van der Waals surface area contributed by atoms with Crippen molar-refractivity contribution >= 4 is 6.29 Å². The van der Waals surface area contributed by atoms with Gasteiger partial charge in [0.15, 0.2) is 5.79 Å². The molecule has 0 amide bonds. The van der Waals surface area contributed by atoms with Gasteiger partial charge in [0, 0.05) is 6.42 Å². The quantitative estimate of drug-likeness (QED) is 0.719. The van der Waals surface area contributed by atoms with Gasteiger partial charge >= 0.3 is 0 Å². The molecule has 110 valence electrons. The van der Waals surface area contributed by atoms with E-state index in [-0.39, 0.29) is 12.2 Å².